The van der Waals surface area contributed by atoms with Crippen LogP contribution in [0.2, 0.25) is 0 Å². The van der Waals surface area contributed by atoms with Crippen molar-refractivity contribution in [3.63, 3.8) is 0 Å². The highest BCUT2D eigenvalue weighted by atomic mass is 16.5. The molecular formula is C14H27NO3. The highest BCUT2D eigenvalue weighted by Gasteiger charge is 2.21. The fourth-order valence-electron chi connectivity index (χ4n) is 1.79. The molecule has 0 unspecified atom stereocenters. The Morgan fingerprint density at radius 3 is 2.33 bits per heavy atom. The van der Waals surface area contributed by atoms with Crippen molar-refractivity contribution in [2.45, 2.75) is 65.3 Å². The van der Waals surface area contributed by atoms with Crippen molar-refractivity contribution in [2.75, 3.05) is 7.11 Å². The number of esters is 1. The summed E-state index contributed by atoms with van der Waals surface area (Å²) >= 11 is 0. The van der Waals surface area contributed by atoms with Crippen molar-refractivity contribution in [3.8, 4) is 0 Å². The third-order valence-corrected chi connectivity index (χ3v) is 2.76. The number of methoxy groups -OCH3 is 1. The SMILES string of the molecule is CCCCCC[C@H](NC(=O)CC(C)C)C(=O)OC. The van der Waals surface area contributed by atoms with E-state index in [1.807, 2.05) is 13.8 Å². The van der Waals surface area contributed by atoms with Gasteiger partial charge in [0, 0.05) is 6.42 Å². The summed E-state index contributed by atoms with van der Waals surface area (Å²) in [4.78, 5) is 23.2. The second-order valence-corrected chi connectivity index (χ2v) is 5.09. The Bertz CT molecular complexity index is 251. The smallest absolute Gasteiger partial charge is 0.328 e. The number of hydrogen-bond acceptors (Lipinski definition) is 3. The molecule has 0 rings (SSSR count). The maximum Gasteiger partial charge on any atom is 0.328 e. The third-order valence-electron chi connectivity index (χ3n) is 2.76. The second-order valence-electron chi connectivity index (χ2n) is 5.09. The first-order chi connectivity index (χ1) is 8.51. The van der Waals surface area contributed by atoms with Crippen LogP contribution in [0.15, 0.2) is 0 Å². The Morgan fingerprint density at radius 2 is 1.83 bits per heavy atom. The van der Waals surface area contributed by atoms with Crippen LogP contribution in [0.5, 0.6) is 0 Å². The molecule has 1 atom stereocenters. The molecule has 0 saturated carbocycles. The van der Waals surface area contributed by atoms with Crippen LogP contribution in [0.1, 0.15) is 59.3 Å². The van der Waals surface area contributed by atoms with Crippen LogP contribution in [0.4, 0.5) is 0 Å². The van der Waals surface area contributed by atoms with Crippen molar-refractivity contribution in [2.24, 2.45) is 5.92 Å². The fraction of sp³-hybridized carbons (Fsp3) is 0.857. The first-order valence-corrected chi connectivity index (χ1v) is 6.88. The average molecular weight is 257 g/mol. The molecule has 0 aromatic heterocycles. The monoisotopic (exact) mass is 257 g/mol. The zero-order valence-corrected chi connectivity index (χ0v) is 12.1. The number of hydrogen-bond donors (Lipinski definition) is 1. The summed E-state index contributed by atoms with van der Waals surface area (Å²) in [5.74, 6) is -0.122. The van der Waals surface area contributed by atoms with Gasteiger partial charge in [-0.1, -0.05) is 46.5 Å². The average Bonchev–Trinajstić information content (AvgIpc) is 2.31. The number of amides is 1. The second kappa shape index (κ2) is 9.92. The molecule has 1 amide bonds. The Kier molecular flexibility index (Phi) is 9.33. The van der Waals surface area contributed by atoms with Crippen LogP contribution < -0.4 is 5.32 Å². The molecule has 18 heavy (non-hydrogen) atoms. The van der Waals surface area contributed by atoms with Gasteiger partial charge < -0.3 is 10.1 Å². The topological polar surface area (TPSA) is 55.4 Å². The van der Waals surface area contributed by atoms with Crippen LogP contribution in [0.25, 0.3) is 0 Å². The van der Waals surface area contributed by atoms with Crippen molar-refractivity contribution >= 4 is 11.9 Å². The number of carbonyl (C=O) groups is 2. The van der Waals surface area contributed by atoms with Crippen LogP contribution in [-0.2, 0) is 14.3 Å². The van der Waals surface area contributed by atoms with Crippen molar-refractivity contribution in [1.82, 2.24) is 5.32 Å². The van der Waals surface area contributed by atoms with Gasteiger partial charge in [0.05, 0.1) is 7.11 Å². The molecule has 4 nitrogen and oxygen atoms in total. The van der Waals surface area contributed by atoms with E-state index < -0.39 is 6.04 Å². The largest absolute Gasteiger partial charge is 0.467 e. The highest BCUT2D eigenvalue weighted by Crippen LogP contribution is 2.08. The molecule has 0 aliphatic heterocycles. The lowest BCUT2D eigenvalue weighted by atomic mass is 10.1. The van der Waals surface area contributed by atoms with Crippen LogP contribution >= 0.6 is 0 Å². The summed E-state index contributed by atoms with van der Waals surface area (Å²) in [6, 6.07) is -0.488. The van der Waals surface area contributed by atoms with Gasteiger partial charge in [-0.15, -0.1) is 0 Å². The molecule has 106 valence electrons. The molecule has 0 aromatic carbocycles. The maximum absolute atomic E-state index is 11.7. The lowest BCUT2D eigenvalue weighted by Gasteiger charge is -2.17. The fourth-order valence-corrected chi connectivity index (χ4v) is 1.79. The minimum atomic E-state index is -0.488. The molecule has 0 aliphatic carbocycles. The normalized spacial score (nSPS) is 12.3. The highest BCUT2D eigenvalue weighted by molar-refractivity contribution is 5.84. The molecule has 0 spiro atoms. The zero-order valence-electron chi connectivity index (χ0n) is 12.1. The molecular weight excluding hydrogens is 230 g/mol. The van der Waals surface area contributed by atoms with E-state index in [9.17, 15) is 9.59 Å². The van der Waals surface area contributed by atoms with E-state index in [0.29, 0.717) is 18.8 Å². The Morgan fingerprint density at radius 1 is 1.17 bits per heavy atom. The van der Waals surface area contributed by atoms with Crippen LogP contribution in [0, 0.1) is 5.92 Å². The lowest BCUT2D eigenvalue weighted by Crippen LogP contribution is -2.41. The van der Waals surface area contributed by atoms with E-state index in [2.05, 4.69) is 12.2 Å². The van der Waals surface area contributed by atoms with E-state index in [1.165, 1.54) is 7.11 Å². The Balaban J connectivity index is 4.14. The number of ether oxygens (including phenoxy) is 1. The van der Waals surface area contributed by atoms with Gasteiger partial charge in [-0.3, -0.25) is 4.79 Å². The molecule has 0 radical (unpaired) electrons. The summed E-state index contributed by atoms with van der Waals surface area (Å²) in [6.45, 7) is 6.10. The summed E-state index contributed by atoms with van der Waals surface area (Å²) in [6.07, 6.45) is 5.45. The van der Waals surface area contributed by atoms with Gasteiger partial charge in [-0.25, -0.2) is 4.79 Å². The van der Waals surface area contributed by atoms with E-state index in [1.54, 1.807) is 0 Å². The van der Waals surface area contributed by atoms with Gasteiger partial charge >= 0.3 is 5.97 Å². The van der Waals surface area contributed by atoms with E-state index in [4.69, 9.17) is 4.74 Å². The van der Waals surface area contributed by atoms with Gasteiger partial charge in [0.1, 0.15) is 6.04 Å². The van der Waals surface area contributed by atoms with E-state index in [0.717, 1.165) is 25.7 Å². The quantitative estimate of drug-likeness (QED) is 0.510. The summed E-state index contributed by atoms with van der Waals surface area (Å²) in [5, 5.41) is 2.76. The number of rotatable bonds is 9. The van der Waals surface area contributed by atoms with E-state index >= 15 is 0 Å². The minimum absolute atomic E-state index is 0.0732. The lowest BCUT2D eigenvalue weighted by molar-refractivity contribution is -0.145. The molecule has 0 heterocycles. The van der Waals surface area contributed by atoms with Gasteiger partial charge in [0.15, 0.2) is 0 Å². The number of nitrogens with one attached hydrogen (secondary N) is 1. The number of unbranched alkanes of at least 4 members (excludes halogenated alkanes) is 3. The van der Waals surface area contributed by atoms with Crippen molar-refractivity contribution in [1.29, 1.82) is 0 Å². The van der Waals surface area contributed by atoms with Crippen LogP contribution in [0.3, 0.4) is 0 Å². The minimum Gasteiger partial charge on any atom is -0.467 e. The van der Waals surface area contributed by atoms with E-state index in [-0.39, 0.29) is 11.9 Å². The first-order valence-electron chi connectivity index (χ1n) is 6.88. The summed E-state index contributed by atoms with van der Waals surface area (Å²) in [7, 11) is 1.36. The molecule has 0 bridgehead atoms. The van der Waals surface area contributed by atoms with Gasteiger partial charge in [-0.2, -0.15) is 0 Å². The molecule has 0 aliphatic rings. The van der Waals surface area contributed by atoms with Crippen molar-refractivity contribution < 1.29 is 14.3 Å². The van der Waals surface area contributed by atoms with Gasteiger partial charge in [0.25, 0.3) is 0 Å². The summed E-state index contributed by atoms with van der Waals surface area (Å²) < 4.78 is 4.72. The third kappa shape index (κ3) is 8.09. The predicted octanol–water partition coefficient (Wildman–Crippen LogP) is 2.66. The predicted molar refractivity (Wildman–Crippen MR) is 72.2 cm³/mol. The van der Waals surface area contributed by atoms with Gasteiger partial charge in [-0.05, 0) is 12.3 Å². The van der Waals surface area contributed by atoms with Crippen LogP contribution in [-0.4, -0.2) is 25.0 Å². The van der Waals surface area contributed by atoms with Gasteiger partial charge in [0.2, 0.25) is 5.91 Å². The van der Waals surface area contributed by atoms with Crippen molar-refractivity contribution in [3.05, 3.63) is 0 Å². The first kappa shape index (κ1) is 16.9. The zero-order chi connectivity index (χ0) is 14.0. The molecule has 4 heteroatoms. The molecule has 0 saturated heterocycles. The molecule has 0 aromatic rings. The Labute approximate surface area is 110 Å². The summed E-state index contributed by atoms with van der Waals surface area (Å²) in [5.41, 5.74) is 0. The molecule has 0 fully saturated rings. The molecule has 1 N–H and O–H groups in total. The standard InChI is InChI=1S/C14H27NO3/c1-5-6-7-8-9-12(14(17)18-4)15-13(16)10-11(2)3/h11-12H,5-10H2,1-4H3,(H,15,16)/t12-/m0/s1. The maximum atomic E-state index is 11.7. The number of carbonyl (C=O) groups excluding carboxylic acids is 2. The Hall–Kier alpha value is -1.06.